The molecule has 0 N–H and O–H groups in total. The first kappa shape index (κ1) is 36.5. The highest BCUT2D eigenvalue weighted by Crippen LogP contribution is 2.42. The Morgan fingerprint density at radius 3 is 1.22 bits per heavy atom. The van der Waals surface area contributed by atoms with Crippen molar-refractivity contribution in [3.8, 4) is 0 Å². The Kier molecular flexibility index (Phi) is 9.17. The van der Waals surface area contributed by atoms with Crippen LogP contribution in [0.1, 0.15) is 58.1 Å². The number of rotatable bonds is 10. The SMILES string of the molecule is CC1(C)C(=O)N(c2ccc([N+](=O)[O-])c(C(F)(F)F)c2)C(=O)N1CCCCCN1C(=O)N(c2ccc([N+](=O)[O-])c(C(F)(F)F)c2)C(=O)C1(C)C. The molecule has 0 radical (unpaired) electrons. The molecule has 2 aliphatic rings. The lowest BCUT2D eigenvalue weighted by Crippen LogP contribution is -2.45. The molecule has 14 nitrogen and oxygen atoms in total. The van der Waals surface area contributed by atoms with Crippen LogP contribution in [-0.2, 0) is 21.9 Å². The van der Waals surface area contributed by atoms with Gasteiger partial charge in [0.25, 0.3) is 23.2 Å². The maximum Gasteiger partial charge on any atom is 0.423 e. The fraction of sp³-hybridized carbons (Fsp3) is 0.448. The molecule has 4 rings (SSSR count). The number of nitro benzene ring substituents is 2. The molecule has 0 atom stereocenters. The number of carbonyl (C=O) groups excluding carboxylic acids is 4. The smallest absolute Gasteiger partial charge is 0.310 e. The summed E-state index contributed by atoms with van der Waals surface area (Å²) in [6.45, 7) is 5.35. The second-order valence-corrected chi connectivity index (χ2v) is 12.2. The summed E-state index contributed by atoms with van der Waals surface area (Å²) in [7, 11) is 0. The van der Waals surface area contributed by atoms with E-state index in [1.54, 1.807) is 0 Å². The van der Waals surface area contributed by atoms with E-state index in [9.17, 15) is 65.7 Å². The highest BCUT2D eigenvalue weighted by Gasteiger charge is 2.54. The van der Waals surface area contributed by atoms with Gasteiger partial charge in [0.1, 0.15) is 22.2 Å². The molecule has 0 spiro atoms. The zero-order valence-corrected chi connectivity index (χ0v) is 26.2. The summed E-state index contributed by atoms with van der Waals surface area (Å²) in [5.41, 5.74) is -9.85. The van der Waals surface area contributed by atoms with Gasteiger partial charge < -0.3 is 9.80 Å². The van der Waals surface area contributed by atoms with Gasteiger partial charge in [-0.25, -0.2) is 19.4 Å². The van der Waals surface area contributed by atoms with Crippen molar-refractivity contribution in [3.05, 3.63) is 67.8 Å². The standard InChI is InChI=1S/C29H28F6N6O8/c1-26(2)22(42)38(16-8-10-20(40(46)47)18(14-16)28(30,31)32)24(44)36(26)12-6-5-7-13-37-25(45)39(23(43)27(37,3)4)17-9-11-21(41(48)49)19(15-17)29(33,34)35/h8-11,14-15H,5-7,12-13H2,1-4H3. The Bertz CT molecular complexity index is 1630. The summed E-state index contributed by atoms with van der Waals surface area (Å²) in [6.07, 6.45) is -9.60. The van der Waals surface area contributed by atoms with Gasteiger partial charge in [-0.1, -0.05) is 0 Å². The van der Waals surface area contributed by atoms with Crippen LogP contribution in [0, 0.1) is 20.2 Å². The van der Waals surface area contributed by atoms with Crippen LogP contribution in [0.15, 0.2) is 36.4 Å². The minimum atomic E-state index is -5.15. The van der Waals surface area contributed by atoms with Gasteiger partial charge in [0, 0.05) is 25.2 Å². The Hall–Kier alpha value is -5.30. The molecular weight excluding hydrogens is 674 g/mol. The van der Waals surface area contributed by atoms with Crippen molar-refractivity contribution in [3.63, 3.8) is 0 Å². The van der Waals surface area contributed by atoms with Gasteiger partial charge in [0.15, 0.2) is 0 Å². The second kappa shape index (κ2) is 12.3. The number of nitro groups is 2. The maximum absolute atomic E-state index is 13.5. The number of benzene rings is 2. The summed E-state index contributed by atoms with van der Waals surface area (Å²) in [5.74, 6) is -1.75. The van der Waals surface area contributed by atoms with Crippen LogP contribution in [0.2, 0.25) is 0 Å². The van der Waals surface area contributed by atoms with Crippen molar-refractivity contribution in [2.75, 3.05) is 22.9 Å². The first-order valence-electron chi connectivity index (χ1n) is 14.5. The number of amides is 6. The Morgan fingerprint density at radius 2 is 0.939 bits per heavy atom. The van der Waals surface area contributed by atoms with E-state index in [0.717, 1.165) is 21.9 Å². The number of anilines is 2. The van der Waals surface area contributed by atoms with E-state index in [-0.39, 0.29) is 32.4 Å². The van der Waals surface area contributed by atoms with Gasteiger partial charge in [0.05, 0.1) is 21.2 Å². The molecular formula is C29H28F6N6O8. The van der Waals surface area contributed by atoms with Gasteiger partial charge in [-0.15, -0.1) is 0 Å². The number of hydrogen-bond donors (Lipinski definition) is 0. The van der Waals surface area contributed by atoms with E-state index in [4.69, 9.17) is 0 Å². The van der Waals surface area contributed by atoms with E-state index in [1.165, 1.54) is 27.7 Å². The van der Waals surface area contributed by atoms with Gasteiger partial charge in [-0.3, -0.25) is 29.8 Å². The number of urea groups is 2. The Balaban J connectivity index is 1.45. The van der Waals surface area contributed by atoms with Crippen molar-refractivity contribution in [2.45, 2.75) is 70.4 Å². The third-order valence-corrected chi connectivity index (χ3v) is 8.39. The molecule has 2 fully saturated rings. The molecule has 0 aliphatic carbocycles. The zero-order chi connectivity index (χ0) is 37.0. The minimum absolute atomic E-state index is 0.0708. The molecule has 0 bridgehead atoms. The lowest BCUT2D eigenvalue weighted by atomic mass is 10.0. The lowest BCUT2D eigenvalue weighted by molar-refractivity contribution is -0.388. The Morgan fingerprint density at radius 1 is 0.612 bits per heavy atom. The fourth-order valence-corrected chi connectivity index (χ4v) is 5.69. The number of carbonyl (C=O) groups is 4. The van der Waals surface area contributed by atoms with Crippen molar-refractivity contribution >= 4 is 46.6 Å². The van der Waals surface area contributed by atoms with Gasteiger partial charge in [-0.05, 0) is 71.2 Å². The first-order chi connectivity index (χ1) is 22.4. The van der Waals surface area contributed by atoms with E-state index in [1.807, 2.05) is 0 Å². The summed E-state index contributed by atoms with van der Waals surface area (Å²) in [4.78, 5) is 75.9. The summed E-state index contributed by atoms with van der Waals surface area (Å²) in [5, 5.41) is 22.2. The quantitative estimate of drug-likeness (QED) is 0.0888. The number of hydrogen-bond acceptors (Lipinski definition) is 8. The van der Waals surface area contributed by atoms with Crippen LogP contribution in [-0.4, -0.2) is 67.7 Å². The topological polar surface area (TPSA) is 168 Å². The average molecular weight is 703 g/mol. The van der Waals surface area contributed by atoms with Gasteiger partial charge >= 0.3 is 24.4 Å². The Labute approximate surface area is 273 Å². The molecule has 2 aromatic carbocycles. The summed E-state index contributed by atoms with van der Waals surface area (Å²) < 4.78 is 81.2. The van der Waals surface area contributed by atoms with Crippen LogP contribution >= 0.6 is 0 Å². The average Bonchev–Trinajstić information content (AvgIpc) is 3.26. The molecule has 49 heavy (non-hydrogen) atoms. The molecule has 0 aromatic heterocycles. The van der Waals surface area contributed by atoms with E-state index >= 15 is 0 Å². The fourth-order valence-electron chi connectivity index (χ4n) is 5.69. The number of imide groups is 2. The molecule has 0 saturated carbocycles. The lowest BCUT2D eigenvalue weighted by Gasteiger charge is -2.29. The molecule has 0 unspecified atom stereocenters. The van der Waals surface area contributed by atoms with E-state index in [0.29, 0.717) is 34.1 Å². The van der Waals surface area contributed by atoms with Crippen LogP contribution in [0.4, 0.5) is 58.7 Å². The van der Waals surface area contributed by atoms with E-state index in [2.05, 4.69) is 0 Å². The largest absolute Gasteiger partial charge is 0.423 e. The normalized spacial score (nSPS) is 17.8. The minimum Gasteiger partial charge on any atom is -0.310 e. The van der Waals surface area contributed by atoms with Crippen molar-refractivity contribution in [1.29, 1.82) is 0 Å². The molecule has 6 amide bonds. The molecule has 2 saturated heterocycles. The number of unbranched alkanes of at least 4 members (excludes halogenated alkanes) is 2. The van der Waals surface area contributed by atoms with Crippen LogP contribution in [0.5, 0.6) is 0 Å². The zero-order valence-electron chi connectivity index (χ0n) is 26.2. The van der Waals surface area contributed by atoms with Crippen molar-refractivity contribution in [1.82, 2.24) is 9.80 Å². The summed E-state index contributed by atoms with van der Waals surface area (Å²) in [6, 6.07) is 1.62. The van der Waals surface area contributed by atoms with Crippen LogP contribution in [0.25, 0.3) is 0 Å². The molecule has 2 heterocycles. The first-order valence-corrected chi connectivity index (χ1v) is 14.5. The van der Waals surface area contributed by atoms with Crippen LogP contribution < -0.4 is 9.80 Å². The summed E-state index contributed by atoms with van der Waals surface area (Å²) >= 11 is 0. The van der Waals surface area contributed by atoms with Gasteiger partial charge in [-0.2, -0.15) is 26.3 Å². The number of nitrogens with zero attached hydrogens (tertiary/aromatic N) is 6. The van der Waals surface area contributed by atoms with Gasteiger partial charge in [0.2, 0.25) is 0 Å². The monoisotopic (exact) mass is 702 g/mol. The predicted octanol–water partition coefficient (Wildman–Crippen LogP) is 6.51. The second-order valence-electron chi connectivity index (χ2n) is 12.2. The predicted molar refractivity (Wildman–Crippen MR) is 157 cm³/mol. The number of alkyl halides is 6. The molecule has 264 valence electrons. The molecule has 2 aromatic rings. The highest BCUT2D eigenvalue weighted by molar-refractivity contribution is 6.23. The molecule has 2 aliphatic heterocycles. The maximum atomic E-state index is 13.5. The van der Waals surface area contributed by atoms with Crippen molar-refractivity contribution in [2.24, 2.45) is 0 Å². The molecule has 20 heteroatoms. The number of halogens is 6. The van der Waals surface area contributed by atoms with Crippen molar-refractivity contribution < 1.29 is 55.4 Å². The third-order valence-electron chi connectivity index (χ3n) is 8.39. The van der Waals surface area contributed by atoms with Crippen LogP contribution in [0.3, 0.4) is 0 Å². The highest BCUT2D eigenvalue weighted by atomic mass is 19.4. The van der Waals surface area contributed by atoms with E-state index < -0.39 is 91.0 Å². The third kappa shape index (κ3) is 6.45.